The fraction of sp³-hybridized carbons (Fsp3) is 0.211. The van der Waals surface area contributed by atoms with Gasteiger partial charge in [-0.3, -0.25) is 15.0 Å². The molecule has 0 bridgehead atoms. The molecule has 0 unspecified atom stereocenters. The van der Waals surface area contributed by atoms with Crippen molar-refractivity contribution in [2.45, 2.75) is 26.2 Å². The molecular weight excluding hydrogens is 321 g/mol. The van der Waals surface area contributed by atoms with E-state index in [0.717, 1.165) is 4.68 Å². The van der Waals surface area contributed by atoms with E-state index in [4.69, 9.17) is 0 Å². The van der Waals surface area contributed by atoms with Crippen molar-refractivity contribution in [2.24, 2.45) is 0 Å². The third kappa shape index (κ3) is 3.42. The quantitative estimate of drug-likeness (QED) is 0.795. The summed E-state index contributed by atoms with van der Waals surface area (Å²) in [5.74, 6) is -0.562. The number of carbonyl (C=O) groups is 1. The summed E-state index contributed by atoms with van der Waals surface area (Å²) in [5, 5.41) is 0.415. The molecule has 6 heteroatoms. The number of fused-ring (bicyclic) bond motifs is 1. The predicted molar refractivity (Wildman–Crippen MR) is 94.6 cm³/mol. The van der Waals surface area contributed by atoms with Crippen molar-refractivity contribution in [1.82, 2.24) is 9.66 Å². The Balaban J connectivity index is 1.99. The van der Waals surface area contributed by atoms with E-state index in [1.54, 1.807) is 42.5 Å². The lowest BCUT2D eigenvalue weighted by atomic mass is 10.1. The average molecular weight is 339 g/mol. The van der Waals surface area contributed by atoms with Gasteiger partial charge in [0.15, 0.2) is 0 Å². The zero-order chi connectivity index (χ0) is 18.0. The van der Waals surface area contributed by atoms with Crippen LogP contribution in [0.4, 0.5) is 4.39 Å². The molecule has 3 rings (SSSR count). The Kier molecular flexibility index (Phi) is 4.61. The SMILES string of the molecule is CC(C)c1nc2ccccc2c(=O)n1NC(=O)Cc1ccccc1F. The molecule has 1 heterocycles. The van der Waals surface area contributed by atoms with Gasteiger partial charge in [0, 0.05) is 5.92 Å². The maximum absolute atomic E-state index is 13.7. The molecule has 0 spiro atoms. The van der Waals surface area contributed by atoms with Crippen LogP contribution in [0.2, 0.25) is 0 Å². The zero-order valence-electron chi connectivity index (χ0n) is 14.0. The number of aromatic nitrogens is 2. The molecule has 0 saturated heterocycles. The number of hydrogen-bond donors (Lipinski definition) is 1. The van der Waals surface area contributed by atoms with E-state index in [-0.39, 0.29) is 23.5 Å². The maximum Gasteiger partial charge on any atom is 0.280 e. The lowest BCUT2D eigenvalue weighted by molar-refractivity contribution is -0.116. The molecule has 0 radical (unpaired) electrons. The van der Waals surface area contributed by atoms with Crippen molar-refractivity contribution in [3.63, 3.8) is 0 Å². The predicted octanol–water partition coefficient (Wildman–Crippen LogP) is 2.97. The van der Waals surface area contributed by atoms with Crippen molar-refractivity contribution in [3.05, 3.63) is 76.1 Å². The highest BCUT2D eigenvalue weighted by molar-refractivity contribution is 5.86. The van der Waals surface area contributed by atoms with Crippen LogP contribution in [0.3, 0.4) is 0 Å². The molecule has 1 aromatic heterocycles. The molecule has 1 amide bonds. The van der Waals surface area contributed by atoms with Gasteiger partial charge in [0.2, 0.25) is 5.91 Å². The number of rotatable bonds is 4. The topological polar surface area (TPSA) is 64.0 Å². The smallest absolute Gasteiger partial charge is 0.273 e. The molecule has 0 aliphatic rings. The number of benzene rings is 2. The fourth-order valence-electron chi connectivity index (χ4n) is 2.62. The summed E-state index contributed by atoms with van der Waals surface area (Å²) in [6.07, 6.45) is -0.163. The van der Waals surface area contributed by atoms with Crippen molar-refractivity contribution < 1.29 is 9.18 Å². The summed E-state index contributed by atoms with van der Waals surface area (Å²) in [4.78, 5) is 29.6. The Morgan fingerprint density at radius 1 is 1.16 bits per heavy atom. The molecule has 25 heavy (non-hydrogen) atoms. The first-order valence-corrected chi connectivity index (χ1v) is 8.02. The standard InChI is InChI=1S/C19H18FN3O2/c1-12(2)18-21-16-10-6-4-8-14(16)19(25)23(18)22-17(24)11-13-7-3-5-9-15(13)20/h3-10,12H,11H2,1-2H3,(H,22,24). The molecule has 0 aliphatic carbocycles. The van der Waals surface area contributed by atoms with E-state index < -0.39 is 11.7 Å². The van der Waals surface area contributed by atoms with E-state index in [0.29, 0.717) is 16.7 Å². The van der Waals surface area contributed by atoms with Crippen LogP contribution in [0.15, 0.2) is 53.3 Å². The number of nitrogens with zero attached hydrogens (tertiary/aromatic N) is 2. The lowest BCUT2D eigenvalue weighted by Gasteiger charge is -2.16. The van der Waals surface area contributed by atoms with Crippen molar-refractivity contribution >= 4 is 16.8 Å². The summed E-state index contributed by atoms with van der Waals surface area (Å²) in [7, 11) is 0. The highest BCUT2D eigenvalue weighted by atomic mass is 19.1. The van der Waals surface area contributed by atoms with Gasteiger partial charge in [0.05, 0.1) is 17.3 Å². The molecule has 0 atom stereocenters. The van der Waals surface area contributed by atoms with Gasteiger partial charge in [0.1, 0.15) is 11.6 Å². The van der Waals surface area contributed by atoms with Crippen LogP contribution < -0.4 is 11.0 Å². The Morgan fingerprint density at radius 3 is 2.56 bits per heavy atom. The Morgan fingerprint density at radius 2 is 1.84 bits per heavy atom. The van der Waals surface area contributed by atoms with Crippen LogP contribution >= 0.6 is 0 Å². The first-order chi connectivity index (χ1) is 12.0. The molecular formula is C19H18FN3O2. The van der Waals surface area contributed by atoms with Crippen LogP contribution in [0.25, 0.3) is 10.9 Å². The summed E-state index contributed by atoms with van der Waals surface area (Å²) in [5.41, 5.74) is 3.06. The van der Waals surface area contributed by atoms with Gasteiger partial charge in [-0.2, -0.15) is 0 Å². The number of hydrogen-bond acceptors (Lipinski definition) is 3. The fourth-order valence-corrected chi connectivity index (χ4v) is 2.62. The highest BCUT2D eigenvalue weighted by Gasteiger charge is 2.16. The summed E-state index contributed by atoms with van der Waals surface area (Å²) in [6.45, 7) is 3.77. The number of amides is 1. The van der Waals surface area contributed by atoms with Gasteiger partial charge in [-0.25, -0.2) is 14.1 Å². The normalized spacial score (nSPS) is 11.0. The van der Waals surface area contributed by atoms with Crippen LogP contribution in [-0.4, -0.2) is 15.6 Å². The minimum absolute atomic E-state index is 0.0777. The highest BCUT2D eigenvalue weighted by Crippen LogP contribution is 2.14. The molecule has 128 valence electrons. The maximum atomic E-state index is 13.7. The molecule has 2 aromatic carbocycles. The average Bonchev–Trinajstić information content (AvgIpc) is 2.59. The summed E-state index contributed by atoms with van der Waals surface area (Å²) in [6, 6.07) is 13.0. The number of halogens is 1. The van der Waals surface area contributed by atoms with E-state index >= 15 is 0 Å². The van der Waals surface area contributed by atoms with Crippen LogP contribution in [0.5, 0.6) is 0 Å². The zero-order valence-corrected chi connectivity index (χ0v) is 14.0. The van der Waals surface area contributed by atoms with Crippen molar-refractivity contribution in [3.8, 4) is 0 Å². The second-order valence-electron chi connectivity index (χ2n) is 6.09. The molecule has 0 aliphatic heterocycles. The molecule has 0 saturated carbocycles. The monoisotopic (exact) mass is 339 g/mol. The largest absolute Gasteiger partial charge is 0.280 e. The van der Waals surface area contributed by atoms with Crippen molar-refractivity contribution in [2.75, 3.05) is 5.43 Å². The molecule has 3 aromatic rings. The first kappa shape index (κ1) is 16.8. The van der Waals surface area contributed by atoms with Gasteiger partial charge in [0.25, 0.3) is 5.56 Å². The minimum atomic E-state index is -0.480. The van der Waals surface area contributed by atoms with E-state index in [9.17, 15) is 14.0 Å². The Bertz CT molecular complexity index is 995. The van der Waals surface area contributed by atoms with Crippen LogP contribution in [0.1, 0.15) is 31.2 Å². The second kappa shape index (κ2) is 6.84. The van der Waals surface area contributed by atoms with Gasteiger partial charge >= 0.3 is 0 Å². The van der Waals surface area contributed by atoms with E-state index in [1.165, 1.54) is 6.07 Å². The van der Waals surface area contributed by atoms with Gasteiger partial charge in [-0.1, -0.05) is 44.2 Å². The lowest BCUT2D eigenvalue weighted by Crippen LogP contribution is -2.37. The second-order valence-corrected chi connectivity index (χ2v) is 6.09. The van der Waals surface area contributed by atoms with E-state index in [2.05, 4.69) is 10.4 Å². The van der Waals surface area contributed by atoms with Gasteiger partial charge < -0.3 is 0 Å². The molecule has 0 fully saturated rings. The molecule has 1 N–H and O–H groups in total. The van der Waals surface area contributed by atoms with Crippen LogP contribution in [0, 0.1) is 5.82 Å². The number of carbonyl (C=O) groups excluding carboxylic acids is 1. The third-order valence-corrected chi connectivity index (χ3v) is 3.86. The molecule has 5 nitrogen and oxygen atoms in total. The summed E-state index contributed by atoms with van der Waals surface area (Å²) < 4.78 is 14.9. The number of para-hydroxylation sites is 1. The minimum Gasteiger partial charge on any atom is -0.273 e. The van der Waals surface area contributed by atoms with Crippen molar-refractivity contribution in [1.29, 1.82) is 0 Å². The Labute approximate surface area is 144 Å². The number of nitrogens with one attached hydrogen (secondary N) is 1. The Hall–Kier alpha value is -3.02. The summed E-state index contributed by atoms with van der Waals surface area (Å²) >= 11 is 0. The van der Waals surface area contributed by atoms with Gasteiger partial charge in [-0.15, -0.1) is 0 Å². The first-order valence-electron chi connectivity index (χ1n) is 8.02. The van der Waals surface area contributed by atoms with E-state index in [1.807, 2.05) is 13.8 Å². The van der Waals surface area contributed by atoms with Gasteiger partial charge in [-0.05, 0) is 23.8 Å². The third-order valence-electron chi connectivity index (χ3n) is 3.86. The van der Waals surface area contributed by atoms with Crippen LogP contribution in [-0.2, 0) is 11.2 Å².